The highest BCUT2D eigenvalue weighted by atomic mass is 19.1. The number of halogens is 2. The minimum atomic E-state index is -0.793. The Hall–Kier alpha value is -2.44. The van der Waals surface area contributed by atoms with Crippen molar-refractivity contribution in [3.63, 3.8) is 0 Å². The molecule has 7 heteroatoms. The maximum absolute atomic E-state index is 13.8. The van der Waals surface area contributed by atoms with Gasteiger partial charge in [0.15, 0.2) is 17.3 Å². The predicted molar refractivity (Wildman–Crippen MR) is 100 cm³/mol. The van der Waals surface area contributed by atoms with E-state index in [1.165, 1.54) is 25.3 Å². The second-order valence-electron chi connectivity index (χ2n) is 9.08. The highest BCUT2D eigenvalue weighted by Crippen LogP contribution is 2.55. The number of carbonyl (C=O) groups excluding carboxylic acids is 1. The molecule has 6 rings (SSSR count). The van der Waals surface area contributed by atoms with E-state index in [-0.39, 0.29) is 29.5 Å². The summed E-state index contributed by atoms with van der Waals surface area (Å²) in [5.74, 6) is 0.773. The van der Waals surface area contributed by atoms with Crippen LogP contribution in [0.15, 0.2) is 22.7 Å². The fraction of sp³-hybridized carbons (Fsp3) is 0.545. The number of rotatable bonds is 5. The van der Waals surface area contributed by atoms with Crippen molar-refractivity contribution in [2.24, 2.45) is 17.8 Å². The van der Waals surface area contributed by atoms with E-state index in [0.29, 0.717) is 29.1 Å². The summed E-state index contributed by atoms with van der Waals surface area (Å²) in [7, 11) is 0. The molecule has 1 N–H and O–H groups in total. The van der Waals surface area contributed by atoms with Gasteiger partial charge in [-0.1, -0.05) is 5.16 Å². The lowest BCUT2D eigenvalue weighted by atomic mass is 9.53. The van der Waals surface area contributed by atoms with Gasteiger partial charge in [0, 0.05) is 11.6 Å². The van der Waals surface area contributed by atoms with Gasteiger partial charge in [-0.2, -0.15) is 0 Å². The zero-order valence-electron chi connectivity index (χ0n) is 16.3. The van der Waals surface area contributed by atoms with E-state index in [0.717, 1.165) is 31.4 Å². The standard InChI is InChI=1S/C22H24F2N2O3/c1-12-17(11-28-19-3-2-16(23)7-18(19)24)20(26-29-12)21(27)25-22-8-13-4-14(9-22)6-15(5-13)10-22/h2-3,7,13-15H,4-6,8-11H2,1H3,(H,25,27). The molecule has 1 heterocycles. The van der Waals surface area contributed by atoms with Crippen molar-refractivity contribution in [1.29, 1.82) is 0 Å². The number of nitrogens with zero attached hydrogens (tertiary/aromatic N) is 1. The molecule has 154 valence electrons. The highest BCUT2D eigenvalue weighted by molar-refractivity contribution is 5.94. The van der Waals surface area contributed by atoms with Crippen LogP contribution in [0.5, 0.6) is 5.75 Å². The van der Waals surface area contributed by atoms with Crippen LogP contribution >= 0.6 is 0 Å². The topological polar surface area (TPSA) is 64.4 Å². The third-order valence-corrected chi connectivity index (χ3v) is 6.88. The van der Waals surface area contributed by atoms with Crippen LogP contribution in [-0.4, -0.2) is 16.6 Å². The number of hydrogen-bond acceptors (Lipinski definition) is 4. The summed E-state index contributed by atoms with van der Waals surface area (Å²) in [5.41, 5.74) is 0.525. The number of aryl methyl sites for hydroxylation is 1. The van der Waals surface area contributed by atoms with Gasteiger partial charge in [0.1, 0.15) is 18.2 Å². The Morgan fingerprint density at radius 2 is 1.86 bits per heavy atom. The number of amides is 1. The Balaban J connectivity index is 1.32. The first-order valence-corrected chi connectivity index (χ1v) is 10.3. The van der Waals surface area contributed by atoms with E-state index >= 15 is 0 Å². The smallest absolute Gasteiger partial charge is 0.274 e. The fourth-order valence-electron chi connectivity index (χ4n) is 6.05. The van der Waals surface area contributed by atoms with Gasteiger partial charge in [0.25, 0.3) is 5.91 Å². The summed E-state index contributed by atoms with van der Waals surface area (Å²) in [4.78, 5) is 13.1. The fourth-order valence-corrected chi connectivity index (χ4v) is 6.05. The molecule has 0 radical (unpaired) electrons. The van der Waals surface area contributed by atoms with Crippen molar-refractivity contribution in [3.8, 4) is 5.75 Å². The number of hydrogen-bond donors (Lipinski definition) is 1. The number of benzene rings is 1. The molecule has 4 bridgehead atoms. The van der Waals surface area contributed by atoms with Gasteiger partial charge in [-0.15, -0.1) is 0 Å². The molecule has 1 aromatic heterocycles. The number of ether oxygens (including phenoxy) is 1. The van der Waals surface area contributed by atoms with E-state index in [1.807, 2.05) is 0 Å². The van der Waals surface area contributed by atoms with E-state index in [2.05, 4.69) is 10.5 Å². The number of carbonyl (C=O) groups is 1. The monoisotopic (exact) mass is 402 g/mol. The molecule has 4 aliphatic rings. The van der Waals surface area contributed by atoms with Gasteiger partial charge < -0.3 is 14.6 Å². The highest BCUT2D eigenvalue weighted by Gasteiger charge is 2.51. The van der Waals surface area contributed by atoms with Gasteiger partial charge in [-0.3, -0.25) is 4.79 Å². The largest absolute Gasteiger partial charge is 0.486 e. The lowest BCUT2D eigenvalue weighted by molar-refractivity contribution is -0.0168. The van der Waals surface area contributed by atoms with E-state index in [9.17, 15) is 13.6 Å². The molecule has 4 saturated carbocycles. The van der Waals surface area contributed by atoms with Crippen LogP contribution in [0.25, 0.3) is 0 Å². The maximum atomic E-state index is 13.8. The van der Waals surface area contributed by atoms with Crippen LogP contribution < -0.4 is 10.1 Å². The molecule has 0 saturated heterocycles. The zero-order valence-corrected chi connectivity index (χ0v) is 16.3. The summed E-state index contributed by atoms with van der Waals surface area (Å²) < 4.78 is 37.6. The SMILES string of the molecule is Cc1onc(C(=O)NC23CC4CC(CC(C4)C2)C3)c1COc1ccc(F)cc1F. The molecular formula is C22H24F2N2O3. The van der Waals surface area contributed by atoms with Gasteiger partial charge in [0.05, 0.1) is 5.56 Å². The average Bonchev–Trinajstić information content (AvgIpc) is 3.00. The molecule has 1 amide bonds. The Kier molecular flexibility index (Phi) is 4.37. The maximum Gasteiger partial charge on any atom is 0.274 e. The van der Waals surface area contributed by atoms with Crippen molar-refractivity contribution in [3.05, 3.63) is 46.9 Å². The summed E-state index contributed by atoms with van der Waals surface area (Å²) >= 11 is 0. The third-order valence-electron chi connectivity index (χ3n) is 6.88. The third kappa shape index (κ3) is 3.40. The van der Waals surface area contributed by atoms with E-state index in [4.69, 9.17) is 9.26 Å². The molecular weight excluding hydrogens is 378 g/mol. The molecule has 0 spiro atoms. The van der Waals surface area contributed by atoms with Crippen LogP contribution in [0.1, 0.15) is 60.3 Å². The molecule has 0 atom stereocenters. The number of nitrogens with one attached hydrogen (secondary N) is 1. The van der Waals surface area contributed by atoms with Crippen LogP contribution in [0.3, 0.4) is 0 Å². The molecule has 29 heavy (non-hydrogen) atoms. The molecule has 2 aromatic rings. The van der Waals surface area contributed by atoms with Crippen LogP contribution in [0, 0.1) is 36.3 Å². The quantitative estimate of drug-likeness (QED) is 0.798. The summed E-state index contributed by atoms with van der Waals surface area (Å²) in [6.45, 7) is 1.61. The lowest BCUT2D eigenvalue weighted by Gasteiger charge is -2.56. The minimum Gasteiger partial charge on any atom is -0.486 e. The lowest BCUT2D eigenvalue weighted by Crippen LogP contribution is -2.60. The van der Waals surface area contributed by atoms with Crippen LogP contribution in [0.2, 0.25) is 0 Å². The molecule has 0 aliphatic heterocycles. The normalized spacial score (nSPS) is 29.8. The van der Waals surface area contributed by atoms with Crippen molar-refractivity contribution >= 4 is 5.91 Å². The zero-order chi connectivity index (χ0) is 20.2. The summed E-state index contributed by atoms with van der Waals surface area (Å²) in [5, 5.41) is 7.21. The Morgan fingerprint density at radius 3 is 2.48 bits per heavy atom. The molecule has 4 fully saturated rings. The number of aromatic nitrogens is 1. The molecule has 0 unspecified atom stereocenters. The van der Waals surface area contributed by atoms with Gasteiger partial charge in [0.2, 0.25) is 0 Å². The molecule has 5 nitrogen and oxygen atoms in total. The predicted octanol–water partition coefficient (Wildman–Crippen LogP) is 4.54. The summed E-state index contributed by atoms with van der Waals surface area (Å²) in [6, 6.07) is 3.11. The average molecular weight is 402 g/mol. The van der Waals surface area contributed by atoms with Crippen molar-refractivity contribution in [2.75, 3.05) is 0 Å². The first-order chi connectivity index (χ1) is 13.9. The van der Waals surface area contributed by atoms with E-state index < -0.39 is 11.6 Å². The van der Waals surface area contributed by atoms with Crippen molar-refractivity contribution in [1.82, 2.24) is 10.5 Å². The van der Waals surface area contributed by atoms with Gasteiger partial charge in [-0.25, -0.2) is 8.78 Å². The second kappa shape index (κ2) is 6.82. The van der Waals surface area contributed by atoms with Crippen molar-refractivity contribution < 1.29 is 22.8 Å². The van der Waals surface area contributed by atoms with Crippen LogP contribution in [0.4, 0.5) is 8.78 Å². The van der Waals surface area contributed by atoms with Crippen LogP contribution in [-0.2, 0) is 6.61 Å². The summed E-state index contributed by atoms with van der Waals surface area (Å²) in [6.07, 6.45) is 6.98. The van der Waals surface area contributed by atoms with Gasteiger partial charge >= 0.3 is 0 Å². The second-order valence-corrected chi connectivity index (χ2v) is 9.08. The minimum absolute atomic E-state index is 0.0818. The van der Waals surface area contributed by atoms with Crippen molar-refractivity contribution in [2.45, 2.75) is 57.6 Å². The molecule has 4 aliphatic carbocycles. The first kappa shape index (κ1) is 18.6. The Morgan fingerprint density at radius 1 is 1.21 bits per heavy atom. The van der Waals surface area contributed by atoms with Gasteiger partial charge in [-0.05, 0) is 75.3 Å². The first-order valence-electron chi connectivity index (χ1n) is 10.3. The molecule has 1 aromatic carbocycles. The Labute approximate surface area is 167 Å². The van der Waals surface area contributed by atoms with E-state index in [1.54, 1.807) is 6.92 Å². The Bertz CT molecular complexity index is 920.